The number of aromatic nitrogens is 2. The molecule has 0 spiro atoms. The fourth-order valence-corrected chi connectivity index (χ4v) is 2.59. The Morgan fingerprint density at radius 3 is 2.36 bits per heavy atom. The largest absolute Gasteiger partial charge is 0.495 e. The van der Waals surface area contributed by atoms with Gasteiger partial charge in [0, 0.05) is 10.7 Å². The zero-order chi connectivity index (χ0) is 17.8. The molecule has 0 saturated heterocycles. The second kappa shape index (κ2) is 7.27. The van der Waals surface area contributed by atoms with Gasteiger partial charge in [-0.1, -0.05) is 23.7 Å². The van der Waals surface area contributed by atoms with Crippen LogP contribution in [0.15, 0.2) is 48.8 Å². The van der Waals surface area contributed by atoms with Crippen molar-refractivity contribution < 1.29 is 4.74 Å². The topological polar surface area (TPSA) is 85.1 Å². The zero-order valence-electron chi connectivity index (χ0n) is 13.9. The first-order valence-electron chi connectivity index (χ1n) is 7.62. The van der Waals surface area contributed by atoms with Gasteiger partial charge in [-0.05, 0) is 42.8 Å². The van der Waals surface area contributed by atoms with Crippen LogP contribution in [0.1, 0.15) is 5.56 Å². The van der Waals surface area contributed by atoms with Crippen LogP contribution in [0.2, 0.25) is 5.02 Å². The highest BCUT2D eigenvalue weighted by Crippen LogP contribution is 2.32. The molecule has 0 aliphatic heterocycles. The summed E-state index contributed by atoms with van der Waals surface area (Å²) in [5, 5.41) is 7.07. The Labute approximate surface area is 151 Å². The van der Waals surface area contributed by atoms with E-state index >= 15 is 0 Å². The maximum atomic E-state index is 6.23. The van der Waals surface area contributed by atoms with Crippen LogP contribution in [-0.4, -0.2) is 17.1 Å². The van der Waals surface area contributed by atoms with E-state index < -0.39 is 0 Å². The molecule has 25 heavy (non-hydrogen) atoms. The van der Waals surface area contributed by atoms with Crippen molar-refractivity contribution in [2.24, 2.45) is 0 Å². The van der Waals surface area contributed by atoms with Gasteiger partial charge in [-0.2, -0.15) is 0 Å². The number of rotatable bonds is 5. The average molecular weight is 356 g/mol. The Morgan fingerprint density at radius 2 is 1.68 bits per heavy atom. The summed E-state index contributed by atoms with van der Waals surface area (Å²) in [5.41, 5.74) is 9.27. The lowest BCUT2D eigenvalue weighted by Crippen LogP contribution is -2.06. The van der Waals surface area contributed by atoms with Gasteiger partial charge in [0.05, 0.1) is 12.8 Å². The number of ether oxygens (including phenoxy) is 1. The maximum Gasteiger partial charge on any atom is 0.159 e. The van der Waals surface area contributed by atoms with Gasteiger partial charge in [0.2, 0.25) is 0 Å². The Morgan fingerprint density at radius 1 is 1.00 bits per heavy atom. The molecule has 0 aliphatic carbocycles. The van der Waals surface area contributed by atoms with Crippen molar-refractivity contribution in [2.45, 2.75) is 6.92 Å². The lowest BCUT2D eigenvalue weighted by molar-refractivity contribution is 0.417. The molecule has 6 nitrogen and oxygen atoms in total. The molecule has 3 rings (SSSR count). The Kier molecular flexibility index (Phi) is 4.90. The van der Waals surface area contributed by atoms with E-state index in [0.717, 1.165) is 16.9 Å². The second-order valence-electron chi connectivity index (χ2n) is 5.39. The number of hydrogen-bond acceptors (Lipinski definition) is 6. The molecule has 128 valence electrons. The van der Waals surface area contributed by atoms with Crippen molar-refractivity contribution in [3.63, 3.8) is 0 Å². The summed E-state index contributed by atoms with van der Waals surface area (Å²) in [6, 6.07) is 13.1. The van der Waals surface area contributed by atoms with Gasteiger partial charge in [0.15, 0.2) is 11.6 Å². The number of aryl methyl sites for hydroxylation is 1. The van der Waals surface area contributed by atoms with Crippen molar-refractivity contribution in [3.8, 4) is 5.75 Å². The van der Waals surface area contributed by atoms with E-state index in [1.807, 2.05) is 49.4 Å². The molecule has 0 amide bonds. The highest BCUT2D eigenvalue weighted by atomic mass is 35.5. The summed E-state index contributed by atoms with van der Waals surface area (Å²) in [6.45, 7) is 1.96. The number of halogens is 1. The summed E-state index contributed by atoms with van der Waals surface area (Å²) in [7, 11) is 1.61. The summed E-state index contributed by atoms with van der Waals surface area (Å²) in [6.07, 6.45) is 1.45. The fraction of sp³-hybridized carbons (Fsp3) is 0.111. The van der Waals surface area contributed by atoms with Crippen molar-refractivity contribution >= 4 is 40.3 Å². The third kappa shape index (κ3) is 3.75. The van der Waals surface area contributed by atoms with Crippen molar-refractivity contribution in [1.29, 1.82) is 0 Å². The number of methoxy groups -OCH3 is 1. The molecule has 0 radical (unpaired) electrons. The molecule has 0 aliphatic rings. The SMILES string of the molecule is COc1ccccc1Nc1ncnc(Nc2ccc(Cl)cc2C)c1N. The van der Waals surface area contributed by atoms with Crippen LogP contribution in [0, 0.1) is 6.92 Å². The van der Waals surface area contributed by atoms with Crippen LogP contribution in [0.3, 0.4) is 0 Å². The number of para-hydroxylation sites is 2. The van der Waals surface area contributed by atoms with Gasteiger partial charge >= 0.3 is 0 Å². The number of benzene rings is 2. The number of nitrogen functional groups attached to an aromatic ring is 1. The minimum Gasteiger partial charge on any atom is -0.495 e. The highest BCUT2D eigenvalue weighted by Gasteiger charge is 2.11. The summed E-state index contributed by atoms with van der Waals surface area (Å²) < 4.78 is 5.34. The normalized spacial score (nSPS) is 10.4. The summed E-state index contributed by atoms with van der Waals surface area (Å²) >= 11 is 6.00. The maximum absolute atomic E-state index is 6.23. The van der Waals surface area contributed by atoms with E-state index in [1.165, 1.54) is 6.33 Å². The van der Waals surface area contributed by atoms with E-state index in [1.54, 1.807) is 7.11 Å². The number of anilines is 5. The second-order valence-corrected chi connectivity index (χ2v) is 5.83. The van der Waals surface area contributed by atoms with Crippen LogP contribution in [0.25, 0.3) is 0 Å². The molecular weight excluding hydrogens is 338 g/mol. The van der Waals surface area contributed by atoms with E-state index in [0.29, 0.717) is 28.1 Å². The first-order valence-corrected chi connectivity index (χ1v) is 8.00. The minimum absolute atomic E-state index is 0.405. The molecule has 0 atom stereocenters. The third-order valence-corrected chi connectivity index (χ3v) is 3.92. The van der Waals surface area contributed by atoms with Crippen LogP contribution in [0.5, 0.6) is 5.75 Å². The predicted molar refractivity (Wildman–Crippen MR) is 102 cm³/mol. The lowest BCUT2D eigenvalue weighted by atomic mass is 10.2. The average Bonchev–Trinajstić information content (AvgIpc) is 2.61. The number of nitrogens with zero attached hydrogens (tertiary/aromatic N) is 2. The van der Waals surface area contributed by atoms with E-state index in [-0.39, 0.29) is 0 Å². The zero-order valence-corrected chi connectivity index (χ0v) is 14.6. The van der Waals surface area contributed by atoms with Crippen molar-refractivity contribution in [1.82, 2.24) is 9.97 Å². The summed E-state index contributed by atoms with van der Waals surface area (Å²) in [5.74, 6) is 1.70. The molecule has 0 fully saturated rings. The molecule has 7 heteroatoms. The van der Waals surface area contributed by atoms with Gasteiger partial charge in [-0.25, -0.2) is 9.97 Å². The first-order chi connectivity index (χ1) is 12.1. The number of nitrogens with two attached hydrogens (primary N) is 1. The van der Waals surface area contributed by atoms with E-state index in [9.17, 15) is 0 Å². The number of nitrogens with one attached hydrogen (secondary N) is 2. The van der Waals surface area contributed by atoms with Crippen molar-refractivity contribution in [2.75, 3.05) is 23.5 Å². The third-order valence-electron chi connectivity index (χ3n) is 3.69. The molecule has 1 aromatic heterocycles. The predicted octanol–water partition coefficient (Wildman–Crippen LogP) is 4.52. The first kappa shape index (κ1) is 16.9. The van der Waals surface area contributed by atoms with Gasteiger partial charge in [0.1, 0.15) is 17.8 Å². The van der Waals surface area contributed by atoms with Gasteiger partial charge in [-0.15, -0.1) is 0 Å². The van der Waals surface area contributed by atoms with Crippen LogP contribution in [-0.2, 0) is 0 Å². The van der Waals surface area contributed by atoms with Gasteiger partial charge in [-0.3, -0.25) is 0 Å². The lowest BCUT2D eigenvalue weighted by Gasteiger charge is -2.15. The van der Waals surface area contributed by atoms with Gasteiger partial charge in [0.25, 0.3) is 0 Å². The standard InChI is InChI=1S/C18H18ClN5O/c1-11-9-12(19)7-8-13(11)23-17-16(20)18(22-10-21-17)24-14-5-3-4-6-15(14)25-2/h3-10H,20H2,1-2H3,(H2,21,22,23,24). The molecular formula is C18H18ClN5O. The smallest absolute Gasteiger partial charge is 0.159 e. The Bertz CT molecular complexity index is 900. The quantitative estimate of drug-likeness (QED) is 0.624. The Hall–Kier alpha value is -2.99. The highest BCUT2D eigenvalue weighted by molar-refractivity contribution is 6.30. The molecule has 1 heterocycles. The van der Waals surface area contributed by atoms with E-state index in [2.05, 4.69) is 20.6 Å². The van der Waals surface area contributed by atoms with Gasteiger partial charge < -0.3 is 21.1 Å². The molecule has 2 aromatic carbocycles. The summed E-state index contributed by atoms with van der Waals surface area (Å²) in [4.78, 5) is 8.45. The van der Waals surface area contributed by atoms with Crippen LogP contribution in [0.4, 0.5) is 28.7 Å². The fourth-order valence-electron chi connectivity index (χ4n) is 2.37. The number of hydrogen-bond donors (Lipinski definition) is 3. The van der Waals surface area contributed by atoms with Crippen LogP contribution < -0.4 is 21.1 Å². The molecule has 4 N–H and O–H groups in total. The monoisotopic (exact) mass is 355 g/mol. The minimum atomic E-state index is 0.405. The molecule has 0 bridgehead atoms. The van der Waals surface area contributed by atoms with E-state index in [4.69, 9.17) is 22.1 Å². The van der Waals surface area contributed by atoms with Crippen molar-refractivity contribution in [3.05, 3.63) is 59.4 Å². The Balaban J connectivity index is 1.89. The molecule has 0 unspecified atom stereocenters. The molecule has 3 aromatic rings. The van der Waals surface area contributed by atoms with Crippen LogP contribution >= 0.6 is 11.6 Å². The molecule has 0 saturated carbocycles.